The average Bonchev–Trinajstić information content (AvgIpc) is 2.66. The zero-order chi connectivity index (χ0) is 21.7. The summed E-state index contributed by atoms with van der Waals surface area (Å²) in [7, 11) is 3.19. The molecule has 2 rings (SSSR count). The van der Waals surface area contributed by atoms with Gasteiger partial charge < -0.3 is 19.5 Å². The van der Waals surface area contributed by atoms with Gasteiger partial charge in [0.1, 0.15) is 11.5 Å². The van der Waals surface area contributed by atoms with Gasteiger partial charge in [-0.1, -0.05) is 12.1 Å². The lowest BCUT2D eigenvalue weighted by atomic mass is 9.97. The third-order valence-electron chi connectivity index (χ3n) is 4.88. The first kappa shape index (κ1) is 22.3. The van der Waals surface area contributed by atoms with Gasteiger partial charge in [0.2, 0.25) is 0 Å². The molecule has 29 heavy (non-hydrogen) atoms. The Morgan fingerprint density at radius 3 is 1.97 bits per heavy atom. The maximum Gasteiger partial charge on any atom is 0.328 e. The summed E-state index contributed by atoms with van der Waals surface area (Å²) in [6.07, 6.45) is 1.16. The van der Waals surface area contributed by atoms with Crippen molar-refractivity contribution in [2.45, 2.75) is 46.7 Å². The molecule has 0 aromatic heterocycles. The number of nitrogens with zero attached hydrogens (tertiary/aromatic N) is 1. The van der Waals surface area contributed by atoms with Crippen LogP contribution in [0.5, 0.6) is 11.5 Å². The minimum absolute atomic E-state index is 0.402. The molecule has 0 aliphatic heterocycles. The molecule has 1 N–H and O–H groups in total. The summed E-state index contributed by atoms with van der Waals surface area (Å²) >= 11 is 0. The second-order valence-electron chi connectivity index (χ2n) is 7.56. The van der Waals surface area contributed by atoms with Crippen LogP contribution < -0.4 is 14.4 Å². The summed E-state index contributed by atoms with van der Waals surface area (Å²) in [5.74, 6) is 0.269. The van der Waals surface area contributed by atoms with Crippen LogP contribution in [0.25, 0.3) is 16.7 Å². The Morgan fingerprint density at radius 2 is 1.52 bits per heavy atom. The molecule has 0 heterocycles. The van der Waals surface area contributed by atoms with Gasteiger partial charge in [-0.15, -0.1) is 0 Å². The number of hydrogen-bond donors (Lipinski definition) is 1. The molecule has 0 saturated heterocycles. The molecule has 0 atom stereocenters. The monoisotopic (exact) mass is 397 g/mol. The second kappa shape index (κ2) is 9.50. The highest BCUT2D eigenvalue weighted by atomic mass is 16.5. The molecule has 2 aromatic carbocycles. The van der Waals surface area contributed by atoms with E-state index in [1.165, 1.54) is 5.69 Å². The number of rotatable bonds is 8. The smallest absolute Gasteiger partial charge is 0.328 e. The van der Waals surface area contributed by atoms with Crippen LogP contribution in [-0.2, 0) is 4.79 Å². The summed E-state index contributed by atoms with van der Waals surface area (Å²) in [5.41, 5.74) is 4.35. The number of benzene rings is 2. The van der Waals surface area contributed by atoms with Crippen LogP contribution in [0.2, 0.25) is 0 Å². The van der Waals surface area contributed by atoms with Crippen LogP contribution >= 0.6 is 0 Å². The van der Waals surface area contributed by atoms with E-state index in [9.17, 15) is 4.79 Å². The molecule has 0 amide bonds. The van der Waals surface area contributed by atoms with Crippen LogP contribution in [0, 0.1) is 0 Å². The van der Waals surface area contributed by atoms with Crippen LogP contribution in [0.1, 0.15) is 40.2 Å². The van der Waals surface area contributed by atoms with Crippen molar-refractivity contribution in [3.05, 3.63) is 48.0 Å². The van der Waals surface area contributed by atoms with E-state index in [4.69, 9.17) is 14.6 Å². The molecule has 0 unspecified atom stereocenters. The van der Waals surface area contributed by atoms with E-state index in [0.29, 0.717) is 34.7 Å². The van der Waals surface area contributed by atoms with Gasteiger partial charge in [0.25, 0.3) is 0 Å². The average molecular weight is 398 g/mol. The normalized spacial score (nSPS) is 11.7. The largest absolute Gasteiger partial charge is 0.496 e. The summed E-state index contributed by atoms with van der Waals surface area (Å²) in [5, 5.41) is 9.06. The second-order valence-corrected chi connectivity index (χ2v) is 7.56. The molecule has 2 aromatic rings. The molecular formula is C24H31NO4. The predicted molar refractivity (Wildman–Crippen MR) is 119 cm³/mol. The Bertz CT molecular complexity index is 874. The third kappa shape index (κ3) is 5.11. The number of aliphatic carboxylic acids is 1. The lowest BCUT2D eigenvalue weighted by molar-refractivity contribution is -0.131. The Hall–Kier alpha value is -2.95. The predicted octanol–water partition coefficient (Wildman–Crippen LogP) is 5.48. The Labute approximate surface area is 173 Å². The van der Waals surface area contributed by atoms with E-state index in [1.54, 1.807) is 21.1 Å². The van der Waals surface area contributed by atoms with Crippen molar-refractivity contribution in [3.63, 3.8) is 0 Å². The van der Waals surface area contributed by atoms with Crippen molar-refractivity contribution < 1.29 is 19.4 Å². The van der Waals surface area contributed by atoms with Crippen molar-refractivity contribution in [1.29, 1.82) is 0 Å². The van der Waals surface area contributed by atoms with Crippen molar-refractivity contribution in [2.24, 2.45) is 0 Å². The van der Waals surface area contributed by atoms with Gasteiger partial charge in [-0.2, -0.15) is 0 Å². The highest BCUT2D eigenvalue weighted by Gasteiger charge is 2.17. The number of anilines is 1. The Balaban J connectivity index is 2.53. The lowest BCUT2D eigenvalue weighted by Crippen LogP contribution is -2.36. The minimum Gasteiger partial charge on any atom is -0.496 e. The summed E-state index contributed by atoms with van der Waals surface area (Å²) in [4.78, 5) is 13.4. The van der Waals surface area contributed by atoms with Gasteiger partial charge in [0, 0.05) is 35.0 Å². The van der Waals surface area contributed by atoms with E-state index in [-0.39, 0.29) is 0 Å². The van der Waals surface area contributed by atoms with E-state index in [0.717, 1.165) is 17.2 Å². The van der Waals surface area contributed by atoms with E-state index in [1.807, 2.05) is 12.1 Å². The SMILES string of the molecule is COc1cc(-c2ccc(N(C(C)C)C(C)C)cc2)c(OC)cc1/C(C)=C/C(=O)O. The minimum atomic E-state index is -0.997. The molecule has 0 spiro atoms. The van der Waals surface area contributed by atoms with Crippen LogP contribution in [0.4, 0.5) is 5.69 Å². The zero-order valence-electron chi connectivity index (χ0n) is 18.3. The Kier molecular flexibility index (Phi) is 7.32. The van der Waals surface area contributed by atoms with Crippen molar-refractivity contribution in [1.82, 2.24) is 0 Å². The number of carboxylic acids is 1. The van der Waals surface area contributed by atoms with Gasteiger partial charge in [-0.05, 0) is 70.0 Å². The Morgan fingerprint density at radius 1 is 0.966 bits per heavy atom. The van der Waals surface area contributed by atoms with Crippen LogP contribution in [0.15, 0.2) is 42.5 Å². The fraction of sp³-hybridized carbons (Fsp3) is 0.375. The molecule has 5 nitrogen and oxygen atoms in total. The first-order valence-corrected chi connectivity index (χ1v) is 9.76. The molecular weight excluding hydrogens is 366 g/mol. The van der Waals surface area contributed by atoms with Crippen molar-refractivity contribution in [3.8, 4) is 22.6 Å². The maximum absolute atomic E-state index is 11.1. The van der Waals surface area contributed by atoms with Crippen LogP contribution in [-0.4, -0.2) is 37.4 Å². The van der Waals surface area contributed by atoms with Gasteiger partial charge in [-0.3, -0.25) is 0 Å². The maximum atomic E-state index is 11.1. The highest BCUT2D eigenvalue weighted by Crippen LogP contribution is 2.39. The molecule has 0 saturated carbocycles. The van der Waals surface area contributed by atoms with Gasteiger partial charge in [0.05, 0.1) is 14.2 Å². The van der Waals surface area contributed by atoms with Gasteiger partial charge in [-0.25, -0.2) is 4.79 Å². The molecule has 0 bridgehead atoms. The third-order valence-corrected chi connectivity index (χ3v) is 4.88. The summed E-state index contributed by atoms with van der Waals surface area (Å²) in [6, 6.07) is 12.9. The first-order valence-electron chi connectivity index (χ1n) is 9.76. The fourth-order valence-electron chi connectivity index (χ4n) is 3.70. The fourth-order valence-corrected chi connectivity index (χ4v) is 3.70. The number of ether oxygens (including phenoxy) is 2. The number of methoxy groups -OCH3 is 2. The van der Waals surface area contributed by atoms with Crippen molar-refractivity contribution >= 4 is 17.2 Å². The van der Waals surface area contributed by atoms with Gasteiger partial charge >= 0.3 is 5.97 Å². The summed E-state index contributed by atoms with van der Waals surface area (Å²) < 4.78 is 11.1. The lowest BCUT2D eigenvalue weighted by Gasteiger charge is -2.33. The molecule has 156 valence electrons. The zero-order valence-corrected chi connectivity index (χ0v) is 18.3. The molecule has 0 fully saturated rings. The van der Waals surface area contributed by atoms with Gasteiger partial charge in [0.15, 0.2) is 0 Å². The standard InChI is InChI=1S/C24H31NO4/c1-15(2)25(16(3)4)19-10-8-18(9-11-19)21-14-22(28-6)20(13-23(21)29-7)17(5)12-24(26)27/h8-16H,1-7H3,(H,26,27)/b17-12+. The number of allylic oxidation sites excluding steroid dienone is 1. The number of carboxylic acid groups (broad SMARTS) is 1. The number of carbonyl (C=O) groups is 1. The van der Waals surface area contributed by atoms with E-state index >= 15 is 0 Å². The topological polar surface area (TPSA) is 59.0 Å². The molecule has 0 aliphatic rings. The summed E-state index contributed by atoms with van der Waals surface area (Å²) in [6.45, 7) is 10.5. The van der Waals surface area contributed by atoms with E-state index in [2.05, 4.69) is 56.9 Å². The van der Waals surface area contributed by atoms with Crippen LogP contribution in [0.3, 0.4) is 0 Å². The molecule has 0 radical (unpaired) electrons. The number of hydrogen-bond acceptors (Lipinski definition) is 4. The van der Waals surface area contributed by atoms with Crippen molar-refractivity contribution in [2.75, 3.05) is 19.1 Å². The quantitative estimate of drug-likeness (QED) is 0.598. The first-order chi connectivity index (χ1) is 13.7. The van der Waals surface area contributed by atoms with E-state index < -0.39 is 5.97 Å². The molecule has 5 heteroatoms. The highest BCUT2D eigenvalue weighted by molar-refractivity contribution is 5.91. The molecule has 0 aliphatic carbocycles.